The lowest BCUT2D eigenvalue weighted by atomic mass is 10.0. The van der Waals surface area contributed by atoms with Crippen LogP contribution < -0.4 is 26.2 Å². The van der Waals surface area contributed by atoms with Gasteiger partial charge in [0, 0.05) is 55.9 Å². The minimum atomic E-state index is -1.28. The number of hydrogen-bond acceptors (Lipinski definition) is 14. The van der Waals surface area contributed by atoms with Crippen molar-refractivity contribution in [1.82, 2.24) is 25.8 Å². The monoisotopic (exact) mass is 1020 g/mol. The molecule has 3 unspecified atom stereocenters. The first-order valence-electron chi connectivity index (χ1n) is 24.5. The summed E-state index contributed by atoms with van der Waals surface area (Å²) in [6.45, 7) is 2.67. The maximum Gasteiger partial charge on any atom is 0.294 e. The van der Waals surface area contributed by atoms with Crippen LogP contribution in [0.5, 0.6) is 0 Å². The third-order valence-electron chi connectivity index (χ3n) is 12.0. The van der Waals surface area contributed by atoms with Gasteiger partial charge in [0.1, 0.15) is 18.4 Å². The van der Waals surface area contributed by atoms with Crippen molar-refractivity contribution in [3.8, 4) is 11.1 Å². The van der Waals surface area contributed by atoms with Crippen molar-refractivity contribution < 1.29 is 56.9 Å². The molecule has 6 aromatic rings. The zero-order valence-electron chi connectivity index (χ0n) is 41.4. The van der Waals surface area contributed by atoms with E-state index < -0.39 is 47.7 Å². The van der Waals surface area contributed by atoms with Gasteiger partial charge in [-0.3, -0.25) is 43.6 Å². The van der Waals surface area contributed by atoms with E-state index in [-0.39, 0.29) is 68.6 Å². The van der Waals surface area contributed by atoms with E-state index >= 15 is 0 Å². The van der Waals surface area contributed by atoms with Crippen LogP contribution in [0.1, 0.15) is 67.3 Å². The molecule has 6 amide bonds. The van der Waals surface area contributed by atoms with E-state index in [0.29, 0.717) is 61.8 Å². The Labute approximate surface area is 433 Å². The Kier molecular flexibility index (Phi) is 20.5. The third-order valence-corrected chi connectivity index (χ3v) is 12.0. The minimum absolute atomic E-state index is 0.0119. The number of carbonyl (C=O) groups excluding carboxylic acids is 7. The van der Waals surface area contributed by atoms with Crippen LogP contribution in [0.4, 0.5) is 11.4 Å². The van der Waals surface area contributed by atoms with E-state index in [9.17, 15) is 33.6 Å². The summed E-state index contributed by atoms with van der Waals surface area (Å²) in [6.07, 6.45) is 4.98. The molecule has 1 aliphatic rings. The highest BCUT2D eigenvalue weighted by atomic mass is 16.6. The van der Waals surface area contributed by atoms with Crippen LogP contribution in [-0.4, -0.2) is 131 Å². The summed E-state index contributed by atoms with van der Waals surface area (Å²) in [6, 6.07) is 33.7. The zero-order valence-corrected chi connectivity index (χ0v) is 41.4. The molecule has 7 rings (SSSR count). The maximum absolute atomic E-state index is 14.7. The van der Waals surface area contributed by atoms with Crippen molar-refractivity contribution in [3.63, 3.8) is 0 Å². The third kappa shape index (κ3) is 14.7. The lowest BCUT2D eigenvalue weighted by Crippen LogP contribution is -2.48. The molecule has 0 saturated heterocycles. The van der Waals surface area contributed by atoms with E-state index in [4.69, 9.17) is 23.4 Å². The van der Waals surface area contributed by atoms with E-state index in [1.54, 1.807) is 79.0 Å². The quantitative estimate of drug-likeness (QED) is 0.0245. The number of fused-ring (bicyclic) bond motifs is 1. The fourth-order valence-corrected chi connectivity index (χ4v) is 8.25. The van der Waals surface area contributed by atoms with Crippen LogP contribution in [0.15, 0.2) is 150 Å². The first-order valence-corrected chi connectivity index (χ1v) is 24.5. The van der Waals surface area contributed by atoms with Crippen LogP contribution in [0.2, 0.25) is 0 Å². The van der Waals surface area contributed by atoms with Gasteiger partial charge in [-0.25, -0.2) is 0 Å². The molecule has 0 fully saturated rings. The van der Waals surface area contributed by atoms with Crippen molar-refractivity contribution in [1.29, 1.82) is 0 Å². The number of ether oxygens (including phenoxy) is 4. The molecule has 3 atom stereocenters. The number of nitrogens with zero attached hydrogens (tertiary/aromatic N) is 3. The van der Waals surface area contributed by atoms with Gasteiger partial charge in [0.15, 0.2) is 5.76 Å². The molecule has 0 aliphatic carbocycles. The number of rotatable bonds is 30. The highest BCUT2D eigenvalue weighted by Gasteiger charge is 2.42. The summed E-state index contributed by atoms with van der Waals surface area (Å²) in [7, 11) is 1.47. The number of pyridine rings is 1. The average molecular weight is 1020 g/mol. The summed E-state index contributed by atoms with van der Waals surface area (Å²) in [4.78, 5) is 99.4. The smallest absolute Gasteiger partial charge is 0.294 e. The minimum Gasteiger partial charge on any atom is -0.459 e. The molecule has 0 saturated carbocycles. The van der Waals surface area contributed by atoms with E-state index in [1.807, 2.05) is 42.5 Å². The predicted octanol–water partition coefficient (Wildman–Crippen LogP) is 5.57. The van der Waals surface area contributed by atoms with Crippen LogP contribution in [0.25, 0.3) is 11.1 Å². The van der Waals surface area contributed by atoms with Crippen molar-refractivity contribution in [2.45, 2.75) is 31.0 Å². The maximum atomic E-state index is 14.7. The number of benzene rings is 4. The fraction of sp³-hybridized carbons (Fsp3) is 0.286. The molecule has 1 aliphatic heterocycles. The Morgan fingerprint density at radius 3 is 1.95 bits per heavy atom. The summed E-state index contributed by atoms with van der Waals surface area (Å²) in [5.41, 5.74) is 4.01. The van der Waals surface area contributed by atoms with Gasteiger partial charge in [-0.2, -0.15) is 0 Å². The summed E-state index contributed by atoms with van der Waals surface area (Å²) >= 11 is 0. The van der Waals surface area contributed by atoms with E-state index in [1.165, 1.54) is 36.5 Å². The first-order chi connectivity index (χ1) is 36.7. The molecule has 75 heavy (non-hydrogen) atoms. The topological polar surface area (TPSA) is 237 Å². The lowest BCUT2D eigenvalue weighted by Gasteiger charge is -2.32. The summed E-state index contributed by atoms with van der Waals surface area (Å²) in [5.74, 6) is -3.18. The molecule has 390 valence electrons. The van der Waals surface area contributed by atoms with E-state index in [2.05, 4.69) is 26.3 Å². The lowest BCUT2D eigenvalue weighted by molar-refractivity contribution is -0.130. The number of imide groups is 1. The van der Waals surface area contributed by atoms with Gasteiger partial charge in [-0.15, -0.1) is 0 Å². The largest absolute Gasteiger partial charge is 0.459 e. The molecule has 0 radical (unpaired) electrons. The van der Waals surface area contributed by atoms with Crippen molar-refractivity contribution in [2.75, 3.05) is 83.2 Å². The number of aldehydes is 1. The zero-order chi connectivity index (χ0) is 52.8. The number of aromatic nitrogens is 1. The van der Waals surface area contributed by atoms with Crippen molar-refractivity contribution >= 4 is 53.1 Å². The Morgan fingerprint density at radius 1 is 0.680 bits per heavy atom. The molecule has 0 spiro atoms. The second-order valence-corrected chi connectivity index (χ2v) is 16.9. The molecular weight excluding hydrogens is 963 g/mol. The number of anilines is 2. The molecular formula is C56H59N7O12. The molecule has 19 nitrogen and oxygen atoms in total. The van der Waals surface area contributed by atoms with Gasteiger partial charge in [-0.1, -0.05) is 84.9 Å². The standard InChI is InChI=1S/C56H59N7O12/c1-57-48(65)24-23-44(38-64)63-54(68)45-16-8-17-46(49(45)56(63)70)59-26-29-71-31-33-73-35-36-74-34-32-72-30-27-60-52(66)50(41-13-6-3-7-14-41)61-53(67)51(42-15-9-25-58-37-42)62(55(69)47-18-10-28-75-47)43-21-19-40(20-22-43)39-11-4-2-5-12-39/h2-22,25,28,37-38,44,50-51,59H,23-24,26-27,29-36H2,1H3,(H,57,65)(H,60,66)(H,61,67). The Bertz CT molecular complexity index is 2820. The second kappa shape index (κ2) is 28.2. The molecule has 0 bridgehead atoms. The van der Waals surface area contributed by atoms with E-state index in [0.717, 1.165) is 16.0 Å². The van der Waals surface area contributed by atoms with Crippen molar-refractivity contribution in [3.05, 3.63) is 174 Å². The molecule has 4 N–H and O–H groups in total. The fourth-order valence-electron chi connectivity index (χ4n) is 8.25. The number of nitrogens with one attached hydrogen (secondary N) is 4. The highest BCUT2D eigenvalue weighted by molar-refractivity contribution is 6.24. The summed E-state index contributed by atoms with van der Waals surface area (Å²) < 4.78 is 28.1. The SMILES string of the molecule is CNC(=O)CCC(C=O)N1C(=O)c2cccc(NCCOCCOCCOCCOCCNC(=O)C(NC(=O)C(c3cccnc3)N(C(=O)c3ccco3)c3ccc(-c4ccccc4)cc3)c3ccccc3)c2C1=O. The number of amides is 6. The Morgan fingerprint density at radius 2 is 1.32 bits per heavy atom. The highest BCUT2D eigenvalue weighted by Crippen LogP contribution is 2.34. The Balaban J connectivity index is 0.825. The molecule has 19 heteroatoms. The molecule has 4 aromatic carbocycles. The van der Waals surface area contributed by atoms with Crippen LogP contribution in [-0.2, 0) is 38.1 Å². The van der Waals surface area contributed by atoms with Gasteiger partial charge >= 0.3 is 0 Å². The van der Waals surface area contributed by atoms with Crippen LogP contribution in [0, 0.1) is 0 Å². The summed E-state index contributed by atoms with van der Waals surface area (Å²) in [5, 5.41) is 11.4. The van der Waals surface area contributed by atoms with Gasteiger partial charge in [0.2, 0.25) is 17.7 Å². The van der Waals surface area contributed by atoms with Gasteiger partial charge in [0.05, 0.1) is 76.3 Å². The molecule has 3 heterocycles. The van der Waals surface area contributed by atoms with Gasteiger partial charge in [0.25, 0.3) is 17.7 Å². The second-order valence-electron chi connectivity index (χ2n) is 16.9. The number of carbonyl (C=O) groups is 7. The molecule has 2 aromatic heterocycles. The first kappa shape index (κ1) is 54.4. The average Bonchev–Trinajstić information content (AvgIpc) is 4.09. The number of furan rings is 1. The van der Waals surface area contributed by atoms with Crippen LogP contribution in [0.3, 0.4) is 0 Å². The van der Waals surface area contributed by atoms with Crippen molar-refractivity contribution in [2.24, 2.45) is 0 Å². The normalized spacial score (nSPS) is 13.1. The Hall–Kier alpha value is -8.36. The number of hydrogen-bond donors (Lipinski definition) is 4. The predicted molar refractivity (Wildman–Crippen MR) is 277 cm³/mol. The van der Waals surface area contributed by atoms with Gasteiger partial charge in [-0.05, 0) is 65.6 Å². The van der Waals surface area contributed by atoms with Crippen LogP contribution >= 0.6 is 0 Å². The van der Waals surface area contributed by atoms with Gasteiger partial charge < -0.3 is 49.4 Å².